The summed E-state index contributed by atoms with van der Waals surface area (Å²) in [6.45, 7) is 5.16. The Labute approximate surface area is 106 Å². The van der Waals surface area contributed by atoms with Crippen molar-refractivity contribution < 1.29 is 14.3 Å². The first-order valence-corrected chi connectivity index (χ1v) is 6.13. The molecule has 1 fully saturated rings. The Morgan fingerprint density at radius 2 is 2.22 bits per heavy atom. The highest BCUT2D eigenvalue weighted by Crippen LogP contribution is 2.37. The average Bonchev–Trinajstić information content (AvgIpc) is 2.28. The predicted octanol–water partition coefficient (Wildman–Crippen LogP) is 2.76. The number of carbonyl (C=O) groups is 1. The fourth-order valence-corrected chi connectivity index (χ4v) is 2.48. The van der Waals surface area contributed by atoms with E-state index in [4.69, 9.17) is 0 Å². The SMILES string of the molecule is CC1(C)CCN(c2cccc(F)c2)CC1C(=O)O. The second-order valence-corrected chi connectivity index (χ2v) is 5.56. The molecule has 1 atom stereocenters. The van der Waals surface area contributed by atoms with Gasteiger partial charge in [-0.15, -0.1) is 0 Å². The zero-order chi connectivity index (χ0) is 13.3. The molecule has 0 amide bonds. The Morgan fingerprint density at radius 3 is 2.83 bits per heavy atom. The molecule has 3 nitrogen and oxygen atoms in total. The van der Waals surface area contributed by atoms with Gasteiger partial charge in [-0.25, -0.2) is 4.39 Å². The predicted molar refractivity (Wildman–Crippen MR) is 68.1 cm³/mol. The van der Waals surface area contributed by atoms with Crippen molar-refractivity contribution in [2.75, 3.05) is 18.0 Å². The van der Waals surface area contributed by atoms with Crippen LogP contribution in [0.4, 0.5) is 10.1 Å². The van der Waals surface area contributed by atoms with E-state index in [0.717, 1.165) is 18.7 Å². The Bertz CT molecular complexity index is 459. The van der Waals surface area contributed by atoms with E-state index in [1.165, 1.54) is 12.1 Å². The molecule has 1 saturated heterocycles. The molecule has 1 aliphatic rings. The second kappa shape index (κ2) is 4.59. The first kappa shape index (κ1) is 12.9. The van der Waals surface area contributed by atoms with Crippen molar-refractivity contribution in [1.82, 2.24) is 0 Å². The van der Waals surface area contributed by atoms with Crippen LogP contribution in [-0.2, 0) is 4.79 Å². The first-order valence-electron chi connectivity index (χ1n) is 6.13. The zero-order valence-corrected chi connectivity index (χ0v) is 10.7. The monoisotopic (exact) mass is 251 g/mol. The summed E-state index contributed by atoms with van der Waals surface area (Å²) in [7, 11) is 0. The molecular formula is C14H18FNO2. The van der Waals surface area contributed by atoms with E-state index < -0.39 is 11.9 Å². The summed E-state index contributed by atoms with van der Waals surface area (Å²) in [6, 6.07) is 6.32. The number of carboxylic acid groups (broad SMARTS) is 1. The molecule has 0 aromatic heterocycles. The van der Waals surface area contributed by atoms with Crippen molar-refractivity contribution in [3.05, 3.63) is 30.1 Å². The standard InChI is InChI=1S/C14H18FNO2/c1-14(2)6-7-16(9-12(14)13(17)18)11-5-3-4-10(15)8-11/h3-5,8,12H,6-7,9H2,1-2H3,(H,17,18). The van der Waals surface area contributed by atoms with Crippen LogP contribution in [0.2, 0.25) is 0 Å². The van der Waals surface area contributed by atoms with Crippen molar-refractivity contribution >= 4 is 11.7 Å². The van der Waals surface area contributed by atoms with Crippen molar-refractivity contribution in [3.8, 4) is 0 Å². The number of anilines is 1. The molecule has 0 bridgehead atoms. The van der Waals surface area contributed by atoms with Gasteiger partial charge in [0.1, 0.15) is 5.82 Å². The molecule has 0 radical (unpaired) electrons. The molecule has 2 rings (SSSR count). The lowest BCUT2D eigenvalue weighted by Crippen LogP contribution is -2.48. The maximum absolute atomic E-state index is 13.2. The summed E-state index contributed by atoms with van der Waals surface area (Å²) in [5, 5.41) is 9.29. The van der Waals surface area contributed by atoms with Crippen LogP contribution in [0.1, 0.15) is 20.3 Å². The van der Waals surface area contributed by atoms with Gasteiger partial charge in [-0.05, 0) is 30.0 Å². The van der Waals surface area contributed by atoms with E-state index >= 15 is 0 Å². The van der Waals surface area contributed by atoms with Crippen LogP contribution in [0.15, 0.2) is 24.3 Å². The molecule has 1 heterocycles. The average molecular weight is 251 g/mol. The van der Waals surface area contributed by atoms with E-state index in [1.807, 2.05) is 24.8 Å². The van der Waals surface area contributed by atoms with Crippen LogP contribution in [0.3, 0.4) is 0 Å². The fraction of sp³-hybridized carbons (Fsp3) is 0.500. The number of rotatable bonds is 2. The third-order valence-electron chi connectivity index (χ3n) is 3.84. The Kier molecular flexibility index (Phi) is 3.28. The van der Waals surface area contributed by atoms with Gasteiger partial charge in [-0.2, -0.15) is 0 Å². The topological polar surface area (TPSA) is 40.5 Å². The van der Waals surface area contributed by atoms with Gasteiger partial charge in [0.25, 0.3) is 0 Å². The molecular weight excluding hydrogens is 233 g/mol. The van der Waals surface area contributed by atoms with Gasteiger partial charge in [-0.3, -0.25) is 4.79 Å². The number of hydrogen-bond donors (Lipinski definition) is 1. The number of benzene rings is 1. The largest absolute Gasteiger partial charge is 0.481 e. The van der Waals surface area contributed by atoms with Crippen molar-refractivity contribution in [3.63, 3.8) is 0 Å². The minimum atomic E-state index is -0.777. The minimum absolute atomic E-state index is 0.213. The van der Waals surface area contributed by atoms with Crippen LogP contribution in [0, 0.1) is 17.2 Å². The first-order chi connectivity index (χ1) is 8.40. The van der Waals surface area contributed by atoms with Crippen molar-refractivity contribution in [2.24, 2.45) is 11.3 Å². The highest BCUT2D eigenvalue weighted by atomic mass is 19.1. The molecule has 1 aliphatic heterocycles. The van der Waals surface area contributed by atoms with Crippen LogP contribution in [0.25, 0.3) is 0 Å². The maximum atomic E-state index is 13.2. The molecule has 98 valence electrons. The summed E-state index contributed by atoms with van der Waals surface area (Å²) in [4.78, 5) is 13.3. The normalized spacial score (nSPS) is 22.8. The molecule has 18 heavy (non-hydrogen) atoms. The number of halogens is 1. The quantitative estimate of drug-likeness (QED) is 0.878. The highest BCUT2D eigenvalue weighted by molar-refractivity contribution is 5.72. The van der Waals surface area contributed by atoms with E-state index in [9.17, 15) is 14.3 Å². The van der Waals surface area contributed by atoms with Gasteiger partial charge in [0, 0.05) is 18.8 Å². The van der Waals surface area contributed by atoms with Gasteiger partial charge in [-0.1, -0.05) is 19.9 Å². The van der Waals surface area contributed by atoms with Gasteiger partial charge in [0.05, 0.1) is 5.92 Å². The minimum Gasteiger partial charge on any atom is -0.481 e. The van der Waals surface area contributed by atoms with Gasteiger partial charge in [0.2, 0.25) is 0 Å². The van der Waals surface area contributed by atoms with Gasteiger partial charge >= 0.3 is 5.97 Å². The summed E-state index contributed by atoms with van der Waals surface area (Å²) >= 11 is 0. The smallest absolute Gasteiger partial charge is 0.308 e. The van der Waals surface area contributed by atoms with Gasteiger partial charge < -0.3 is 10.0 Å². The molecule has 1 aromatic carbocycles. The molecule has 0 saturated carbocycles. The van der Waals surface area contributed by atoms with E-state index in [2.05, 4.69) is 0 Å². The number of piperidine rings is 1. The number of carboxylic acids is 1. The van der Waals surface area contributed by atoms with E-state index in [-0.39, 0.29) is 11.2 Å². The number of aliphatic carboxylic acids is 1. The van der Waals surface area contributed by atoms with Crippen molar-refractivity contribution in [1.29, 1.82) is 0 Å². The third-order valence-corrected chi connectivity index (χ3v) is 3.84. The zero-order valence-electron chi connectivity index (χ0n) is 10.7. The van der Waals surface area contributed by atoms with Crippen LogP contribution >= 0.6 is 0 Å². The highest BCUT2D eigenvalue weighted by Gasteiger charge is 2.40. The van der Waals surface area contributed by atoms with E-state index in [1.54, 1.807) is 6.07 Å². The Hall–Kier alpha value is -1.58. The van der Waals surface area contributed by atoms with Crippen LogP contribution < -0.4 is 4.90 Å². The van der Waals surface area contributed by atoms with Crippen LogP contribution in [0.5, 0.6) is 0 Å². The Morgan fingerprint density at radius 1 is 1.50 bits per heavy atom. The summed E-state index contributed by atoms with van der Waals surface area (Å²) in [5.74, 6) is -1.49. The lowest BCUT2D eigenvalue weighted by molar-refractivity contribution is -0.146. The molecule has 1 aromatic rings. The van der Waals surface area contributed by atoms with E-state index in [0.29, 0.717) is 6.54 Å². The second-order valence-electron chi connectivity index (χ2n) is 5.56. The maximum Gasteiger partial charge on any atom is 0.308 e. The molecule has 0 spiro atoms. The molecule has 0 aliphatic carbocycles. The number of hydrogen-bond acceptors (Lipinski definition) is 2. The summed E-state index contributed by atoms with van der Waals surface area (Å²) in [6.07, 6.45) is 0.792. The third kappa shape index (κ3) is 2.47. The van der Waals surface area contributed by atoms with Crippen LogP contribution in [-0.4, -0.2) is 24.2 Å². The Balaban J connectivity index is 2.21. The lowest BCUT2D eigenvalue weighted by atomic mass is 9.73. The summed E-state index contributed by atoms with van der Waals surface area (Å²) in [5.41, 5.74) is 0.548. The molecule has 1 N–H and O–H groups in total. The van der Waals surface area contributed by atoms with Gasteiger partial charge in [0.15, 0.2) is 0 Å². The van der Waals surface area contributed by atoms with Crippen molar-refractivity contribution in [2.45, 2.75) is 20.3 Å². The molecule has 4 heteroatoms. The number of nitrogens with zero attached hydrogens (tertiary/aromatic N) is 1. The molecule has 1 unspecified atom stereocenters. The lowest BCUT2D eigenvalue weighted by Gasteiger charge is -2.42. The fourth-order valence-electron chi connectivity index (χ4n) is 2.48. The summed E-state index contributed by atoms with van der Waals surface area (Å²) < 4.78 is 13.2.